The minimum Gasteiger partial charge on any atom is -0.426 e. The summed E-state index contributed by atoms with van der Waals surface area (Å²) in [6.07, 6.45) is 1.46. The molecule has 1 heterocycles. The van der Waals surface area contributed by atoms with E-state index in [1.807, 2.05) is 24.3 Å². The maximum Gasteiger partial charge on any atom is 0.315 e. The largest absolute Gasteiger partial charge is 0.426 e. The highest BCUT2D eigenvalue weighted by molar-refractivity contribution is 7.89. The van der Waals surface area contributed by atoms with Crippen molar-refractivity contribution in [2.75, 3.05) is 6.54 Å². The van der Waals surface area contributed by atoms with Crippen molar-refractivity contribution in [3.8, 4) is 16.9 Å². The van der Waals surface area contributed by atoms with Gasteiger partial charge in [-0.15, -0.1) is 0 Å². The summed E-state index contributed by atoms with van der Waals surface area (Å²) in [5.41, 5.74) is 3.09. The van der Waals surface area contributed by atoms with Gasteiger partial charge in [0.25, 0.3) is 0 Å². The Morgan fingerprint density at radius 2 is 1.77 bits per heavy atom. The molecule has 0 amide bonds. The summed E-state index contributed by atoms with van der Waals surface area (Å²) in [6.45, 7) is 0.272. The lowest BCUT2D eigenvalue weighted by Crippen LogP contribution is -2.25. The molecule has 4 rings (SSSR count). The summed E-state index contributed by atoms with van der Waals surface area (Å²) in [5, 5.41) is 0. The number of ether oxygens (including phenoxy) is 1. The Hall–Kier alpha value is -3.03. The molecule has 0 saturated heterocycles. The molecule has 0 aliphatic carbocycles. The number of sulfonamides is 1. The first-order chi connectivity index (χ1) is 14.4. The quantitative estimate of drug-likeness (QED) is 0.354. The van der Waals surface area contributed by atoms with Crippen LogP contribution in [-0.4, -0.2) is 20.9 Å². The number of halogens is 1. The van der Waals surface area contributed by atoms with E-state index in [9.17, 15) is 17.6 Å². The van der Waals surface area contributed by atoms with E-state index in [1.54, 1.807) is 24.3 Å². The van der Waals surface area contributed by atoms with Crippen LogP contribution in [0.25, 0.3) is 11.1 Å². The highest BCUT2D eigenvalue weighted by Crippen LogP contribution is 2.28. The Morgan fingerprint density at radius 1 is 1.00 bits per heavy atom. The number of aryl methyl sites for hydroxylation is 1. The van der Waals surface area contributed by atoms with E-state index >= 15 is 0 Å². The van der Waals surface area contributed by atoms with Crippen LogP contribution in [0.4, 0.5) is 4.39 Å². The second kappa shape index (κ2) is 8.38. The fourth-order valence-corrected chi connectivity index (χ4v) is 4.48. The third-order valence-corrected chi connectivity index (χ3v) is 6.44. The van der Waals surface area contributed by atoms with Gasteiger partial charge >= 0.3 is 5.97 Å². The molecule has 0 spiro atoms. The summed E-state index contributed by atoms with van der Waals surface area (Å²) in [7, 11) is -3.68. The smallest absolute Gasteiger partial charge is 0.315 e. The van der Waals surface area contributed by atoms with Crippen molar-refractivity contribution in [2.45, 2.75) is 24.2 Å². The van der Waals surface area contributed by atoms with Crippen molar-refractivity contribution < 1.29 is 22.3 Å². The lowest BCUT2D eigenvalue weighted by molar-refractivity contribution is -0.131. The SMILES string of the molecule is O=C1Cc2ccc(S(=O)(=O)NCCCc3ccc(-c4ccccc4F)cc3)cc2O1. The third-order valence-electron chi connectivity index (χ3n) is 4.98. The molecule has 154 valence electrons. The van der Waals surface area contributed by atoms with Gasteiger partial charge in [0.2, 0.25) is 10.0 Å². The van der Waals surface area contributed by atoms with Crippen molar-refractivity contribution in [1.29, 1.82) is 0 Å². The van der Waals surface area contributed by atoms with E-state index in [1.165, 1.54) is 18.2 Å². The number of rotatable bonds is 7. The molecular formula is C23H20FNO4S. The average molecular weight is 425 g/mol. The normalized spacial score (nSPS) is 13.2. The van der Waals surface area contributed by atoms with E-state index in [0.29, 0.717) is 29.7 Å². The van der Waals surface area contributed by atoms with Crippen molar-refractivity contribution in [2.24, 2.45) is 0 Å². The lowest BCUT2D eigenvalue weighted by Gasteiger charge is -2.09. The zero-order valence-electron chi connectivity index (χ0n) is 16.1. The highest BCUT2D eigenvalue weighted by Gasteiger charge is 2.23. The fraction of sp³-hybridized carbons (Fsp3) is 0.174. The average Bonchev–Trinajstić information content (AvgIpc) is 3.11. The number of esters is 1. The van der Waals surface area contributed by atoms with E-state index < -0.39 is 10.0 Å². The Morgan fingerprint density at radius 3 is 2.53 bits per heavy atom. The van der Waals surface area contributed by atoms with E-state index in [0.717, 1.165) is 11.1 Å². The molecule has 5 nitrogen and oxygen atoms in total. The van der Waals surface area contributed by atoms with Crippen LogP contribution in [0.1, 0.15) is 17.5 Å². The molecule has 0 unspecified atom stereocenters. The molecule has 1 N–H and O–H groups in total. The van der Waals surface area contributed by atoms with E-state index in [4.69, 9.17) is 4.74 Å². The van der Waals surface area contributed by atoms with Gasteiger partial charge in [0.1, 0.15) is 11.6 Å². The number of hydrogen-bond donors (Lipinski definition) is 1. The Balaban J connectivity index is 1.32. The summed E-state index contributed by atoms with van der Waals surface area (Å²) >= 11 is 0. The van der Waals surface area contributed by atoms with Crippen LogP contribution in [0, 0.1) is 5.82 Å². The van der Waals surface area contributed by atoms with Crippen LogP contribution in [0.5, 0.6) is 5.75 Å². The van der Waals surface area contributed by atoms with Crippen LogP contribution in [0.15, 0.2) is 71.6 Å². The van der Waals surface area contributed by atoms with Gasteiger partial charge in [-0.2, -0.15) is 0 Å². The van der Waals surface area contributed by atoms with Crippen molar-refractivity contribution in [3.05, 3.63) is 83.7 Å². The molecule has 3 aromatic carbocycles. The number of carbonyl (C=O) groups excluding carboxylic acids is 1. The van der Waals surface area contributed by atoms with Crippen LogP contribution in [0.3, 0.4) is 0 Å². The second-order valence-electron chi connectivity index (χ2n) is 7.10. The Labute approximate surface area is 174 Å². The highest BCUT2D eigenvalue weighted by atomic mass is 32.2. The molecular weight excluding hydrogens is 405 g/mol. The second-order valence-corrected chi connectivity index (χ2v) is 8.87. The van der Waals surface area contributed by atoms with Gasteiger partial charge in [0.05, 0.1) is 11.3 Å². The summed E-state index contributed by atoms with van der Waals surface area (Å²) in [6, 6.07) is 18.6. The van der Waals surface area contributed by atoms with Crippen molar-refractivity contribution >= 4 is 16.0 Å². The van der Waals surface area contributed by atoms with Gasteiger partial charge in [-0.25, -0.2) is 17.5 Å². The Bertz CT molecular complexity index is 1190. The Kier molecular flexibility index (Phi) is 5.65. The predicted molar refractivity (Wildman–Crippen MR) is 111 cm³/mol. The molecule has 0 fully saturated rings. The molecule has 1 aliphatic heterocycles. The fourth-order valence-electron chi connectivity index (χ4n) is 3.39. The number of fused-ring (bicyclic) bond motifs is 1. The number of nitrogens with one attached hydrogen (secondary N) is 1. The molecule has 0 atom stereocenters. The van der Waals surface area contributed by atoms with Crippen LogP contribution in [-0.2, 0) is 27.7 Å². The van der Waals surface area contributed by atoms with Crippen LogP contribution < -0.4 is 9.46 Å². The molecule has 0 saturated carbocycles. The lowest BCUT2D eigenvalue weighted by atomic mass is 10.0. The topological polar surface area (TPSA) is 72.5 Å². The van der Waals surface area contributed by atoms with Gasteiger partial charge in [-0.05, 0) is 36.1 Å². The summed E-state index contributed by atoms with van der Waals surface area (Å²) < 4.78 is 46.4. The van der Waals surface area contributed by atoms with Gasteiger partial charge < -0.3 is 4.74 Å². The minimum absolute atomic E-state index is 0.0743. The first-order valence-corrected chi connectivity index (χ1v) is 11.1. The van der Waals surface area contributed by atoms with Gasteiger partial charge in [0, 0.05) is 23.7 Å². The number of hydrogen-bond acceptors (Lipinski definition) is 4. The van der Waals surface area contributed by atoms with Gasteiger partial charge in [0.15, 0.2) is 0 Å². The molecule has 0 bridgehead atoms. The molecule has 7 heteroatoms. The zero-order chi connectivity index (χ0) is 21.1. The van der Waals surface area contributed by atoms with Gasteiger partial charge in [-0.3, -0.25) is 4.79 Å². The summed E-state index contributed by atoms with van der Waals surface area (Å²) in [5.74, 6) is -0.340. The first kappa shape index (κ1) is 20.3. The monoisotopic (exact) mass is 425 g/mol. The summed E-state index contributed by atoms with van der Waals surface area (Å²) in [4.78, 5) is 11.4. The standard InChI is InChI=1S/C23H20FNO4S/c24-21-6-2-1-5-20(21)17-9-7-16(8-10-17)4-3-13-25-30(27,28)19-12-11-18-14-23(26)29-22(18)15-19/h1-2,5-12,15,25H,3-4,13-14H2. The van der Waals surface area contributed by atoms with E-state index in [2.05, 4.69) is 4.72 Å². The van der Waals surface area contributed by atoms with Crippen molar-refractivity contribution in [3.63, 3.8) is 0 Å². The maximum atomic E-state index is 13.9. The predicted octanol–water partition coefficient (Wildman–Crippen LogP) is 3.87. The number of benzene rings is 3. The van der Waals surface area contributed by atoms with Crippen LogP contribution >= 0.6 is 0 Å². The third kappa shape index (κ3) is 4.42. The maximum absolute atomic E-state index is 13.9. The molecule has 0 radical (unpaired) electrons. The van der Waals surface area contributed by atoms with E-state index in [-0.39, 0.29) is 29.6 Å². The zero-order valence-corrected chi connectivity index (χ0v) is 16.9. The first-order valence-electron chi connectivity index (χ1n) is 9.59. The van der Waals surface area contributed by atoms with Crippen LogP contribution in [0.2, 0.25) is 0 Å². The number of carbonyl (C=O) groups is 1. The van der Waals surface area contributed by atoms with Gasteiger partial charge in [-0.1, -0.05) is 48.5 Å². The van der Waals surface area contributed by atoms with Crippen molar-refractivity contribution in [1.82, 2.24) is 4.72 Å². The molecule has 30 heavy (non-hydrogen) atoms. The molecule has 1 aliphatic rings. The molecule has 3 aromatic rings. The minimum atomic E-state index is -3.68. The molecule has 0 aromatic heterocycles.